The number of nitrogens with zero attached hydrogens (tertiary/aromatic N) is 1. The van der Waals surface area contributed by atoms with Crippen LogP contribution in [0.1, 0.15) is 39.9 Å². The number of carbonyl (C=O) groups excluding carboxylic acids is 3. The Morgan fingerprint density at radius 2 is 1.87 bits per heavy atom. The van der Waals surface area contributed by atoms with E-state index in [-0.39, 0.29) is 24.1 Å². The van der Waals surface area contributed by atoms with Crippen molar-refractivity contribution in [3.05, 3.63) is 58.7 Å². The summed E-state index contributed by atoms with van der Waals surface area (Å²) >= 11 is 0. The molecule has 8 heteroatoms. The average Bonchev–Trinajstić information content (AvgIpc) is 3.09. The topological polar surface area (TPSA) is 99.8 Å². The van der Waals surface area contributed by atoms with Crippen molar-refractivity contribution in [2.45, 2.75) is 38.5 Å². The lowest BCUT2D eigenvalue weighted by Gasteiger charge is -2.29. The molecule has 1 atom stereocenters. The molecule has 8 nitrogen and oxygen atoms in total. The molecule has 2 aromatic rings. The van der Waals surface area contributed by atoms with Gasteiger partial charge in [-0.15, -0.1) is 0 Å². The summed E-state index contributed by atoms with van der Waals surface area (Å²) in [6.07, 6.45) is 0.633. The first-order valence-corrected chi connectivity index (χ1v) is 10.6. The van der Waals surface area contributed by atoms with E-state index < -0.39 is 6.04 Å². The molecule has 0 spiro atoms. The van der Waals surface area contributed by atoms with Crippen LogP contribution in [0.3, 0.4) is 0 Å². The summed E-state index contributed by atoms with van der Waals surface area (Å²) in [6, 6.07) is 11.4. The van der Waals surface area contributed by atoms with E-state index in [0.717, 1.165) is 34.7 Å². The standard InChI is InChI=1S/C23H24N4O4/c28-21-6-5-19(22(29)26-21)27-13-16-3-1-14(9-17(16)23(27)30)11-24-12-15-2-4-18-20(10-15)31-8-7-25-18/h1-4,9-10,19,24-25H,5-8,11-13H2,(H,26,28,29). The van der Waals surface area contributed by atoms with Gasteiger partial charge in [-0.3, -0.25) is 19.7 Å². The lowest BCUT2D eigenvalue weighted by molar-refractivity contribution is -0.136. The Hall–Kier alpha value is -3.39. The van der Waals surface area contributed by atoms with Crippen LogP contribution in [0.15, 0.2) is 36.4 Å². The van der Waals surface area contributed by atoms with Crippen LogP contribution in [0.2, 0.25) is 0 Å². The highest BCUT2D eigenvalue weighted by Crippen LogP contribution is 2.29. The second-order valence-electron chi connectivity index (χ2n) is 8.10. The van der Waals surface area contributed by atoms with Crippen molar-refractivity contribution in [2.24, 2.45) is 0 Å². The molecule has 0 aliphatic carbocycles. The lowest BCUT2D eigenvalue weighted by atomic mass is 10.0. The SMILES string of the molecule is O=C1CCC(N2Cc3ccc(CNCc4ccc5c(c4)OCCN5)cc3C2=O)C(=O)N1. The van der Waals surface area contributed by atoms with Gasteiger partial charge in [-0.05, 0) is 41.3 Å². The van der Waals surface area contributed by atoms with E-state index in [1.807, 2.05) is 30.3 Å². The van der Waals surface area contributed by atoms with Crippen LogP contribution in [0, 0.1) is 0 Å². The van der Waals surface area contributed by atoms with E-state index >= 15 is 0 Å². The van der Waals surface area contributed by atoms with Gasteiger partial charge >= 0.3 is 0 Å². The van der Waals surface area contributed by atoms with E-state index in [1.54, 1.807) is 4.90 Å². The van der Waals surface area contributed by atoms with Gasteiger partial charge in [0.25, 0.3) is 5.91 Å². The molecule has 160 valence electrons. The average molecular weight is 420 g/mol. The molecule has 0 bridgehead atoms. The predicted octanol–water partition coefficient (Wildman–Crippen LogP) is 1.54. The molecule has 31 heavy (non-hydrogen) atoms. The van der Waals surface area contributed by atoms with Gasteiger partial charge in [-0.2, -0.15) is 0 Å². The molecule has 3 N–H and O–H groups in total. The van der Waals surface area contributed by atoms with Crippen LogP contribution >= 0.6 is 0 Å². The lowest BCUT2D eigenvalue weighted by Crippen LogP contribution is -2.52. The van der Waals surface area contributed by atoms with Gasteiger partial charge in [0, 0.05) is 38.2 Å². The first-order valence-electron chi connectivity index (χ1n) is 10.6. The Bertz CT molecular complexity index is 1070. The number of amides is 3. The molecule has 0 aromatic heterocycles. The van der Waals surface area contributed by atoms with Gasteiger partial charge < -0.3 is 20.3 Å². The van der Waals surface area contributed by atoms with Crippen LogP contribution in [-0.4, -0.2) is 41.8 Å². The van der Waals surface area contributed by atoms with Crippen LogP contribution in [0.4, 0.5) is 5.69 Å². The maximum atomic E-state index is 12.9. The van der Waals surface area contributed by atoms with Crippen LogP contribution in [-0.2, 0) is 29.2 Å². The second-order valence-corrected chi connectivity index (χ2v) is 8.10. The van der Waals surface area contributed by atoms with E-state index in [1.165, 1.54) is 0 Å². The van der Waals surface area contributed by atoms with E-state index in [0.29, 0.717) is 38.2 Å². The minimum Gasteiger partial charge on any atom is -0.490 e. The first kappa shape index (κ1) is 19.6. The molecule has 2 aromatic carbocycles. The summed E-state index contributed by atoms with van der Waals surface area (Å²) in [5.41, 5.74) is 4.71. The second kappa shape index (κ2) is 8.03. The number of anilines is 1. The van der Waals surface area contributed by atoms with Crippen LogP contribution < -0.4 is 20.7 Å². The quantitative estimate of drug-likeness (QED) is 0.635. The fourth-order valence-corrected chi connectivity index (χ4v) is 4.35. The number of ether oxygens (including phenoxy) is 1. The summed E-state index contributed by atoms with van der Waals surface area (Å²) in [5.74, 6) is 0.0666. The van der Waals surface area contributed by atoms with E-state index in [2.05, 4.69) is 22.0 Å². The molecule has 0 radical (unpaired) electrons. The van der Waals surface area contributed by atoms with Crippen molar-refractivity contribution in [2.75, 3.05) is 18.5 Å². The van der Waals surface area contributed by atoms with Crippen molar-refractivity contribution >= 4 is 23.4 Å². The van der Waals surface area contributed by atoms with E-state index in [9.17, 15) is 14.4 Å². The Morgan fingerprint density at radius 1 is 1.06 bits per heavy atom. The number of imide groups is 1. The van der Waals surface area contributed by atoms with Crippen molar-refractivity contribution in [3.8, 4) is 5.75 Å². The highest BCUT2D eigenvalue weighted by atomic mass is 16.5. The van der Waals surface area contributed by atoms with Crippen LogP contribution in [0.5, 0.6) is 5.75 Å². The number of hydrogen-bond acceptors (Lipinski definition) is 6. The fraction of sp³-hybridized carbons (Fsp3) is 0.348. The number of rotatable bonds is 5. The summed E-state index contributed by atoms with van der Waals surface area (Å²) in [5, 5.41) is 9.06. The zero-order chi connectivity index (χ0) is 21.4. The van der Waals surface area contributed by atoms with Crippen LogP contribution in [0.25, 0.3) is 0 Å². The molecule has 3 heterocycles. The number of carbonyl (C=O) groups is 3. The van der Waals surface area contributed by atoms with Crippen molar-refractivity contribution in [1.29, 1.82) is 0 Å². The Labute approximate surface area is 179 Å². The monoisotopic (exact) mass is 420 g/mol. The normalized spacial score (nSPS) is 19.9. The summed E-state index contributed by atoms with van der Waals surface area (Å²) in [4.78, 5) is 38.1. The van der Waals surface area contributed by atoms with Gasteiger partial charge in [0.15, 0.2) is 0 Å². The fourth-order valence-electron chi connectivity index (χ4n) is 4.35. The maximum absolute atomic E-state index is 12.9. The highest BCUT2D eigenvalue weighted by Gasteiger charge is 2.39. The van der Waals surface area contributed by atoms with Crippen molar-refractivity contribution < 1.29 is 19.1 Å². The number of fused-ring (bicyclic) bond motifs is 2. The Kier molecular flexibility index (Phi) is 5.07. The third-order valence-corrected chi connectivity index (χ3v) is 5.97. The molecule has 3 aliphatic rings. The molecule has 3 amide bonds. The Morgan fingerprint density at radius 3 is 2.71 bits per heavy atom. The zero-order valence-electron chi connectivity index (χ0n) is 17.1. The first-order chi connectivity index (χ1) is 15.1. The minimum absolute atomic E-state index is 0.148. The molecule has 1 fully saturated rings. The predicted molar refractivity (Wildman–Crippen MR) is 113 cm³/mol. The summed E-state index contributed by atoms with van der Waals surface area (Å²) in [6.45, 7) is 3.20. The number of nitrogens with one attached hydrogen (secondary N) is 3. The molecule has 0 saturated carbocycles. The third kappa shape index (κ3) is 3.86. The number of benzene rings is 2. The molecule has 5 rings (SSSR count). The van der Waals surface area contributed by atoms with Crippen molar-refractivity contribution in [3.63, 3.8) is 0 Å². The third-order valence-electron chi connectivity index (χ3n) is 5.97. The van der Waals surface area contributed by atoms with Gasteiger partial charge in [0.1, 0.15) is 18.4 Å². The van der Waals surface area contributed by atoms with E-state index in [4.69, 9.17) is 4.74 Å². The number of piperidine rings is 1. The summed E-state index contributed by atoms with van der Waals surface area (Å²) < 4.78 is 5.68. The molecular weight excluding hydrogens is 396 g/mol. The minimum atomic E-state index is -0.583. The summed E-state index contributed by atoms with van der Waals surface area (Å²) in [7, 11) is 0. The largest absolute Gasteiger partial charge is 0.490 e. The van der Waals surface area contributed by atoms with Gasteiger partial charge in [0.2, 0.25) is 11.8 Å². The smallest absolute Gasteiger partial charge is 0.255 e. The van der Waals surface area contributed by atoms with Gasteiger partial charge in [0.05, 0.1) is 5.69 Å². The highest BCUT2D eigenvalue weighted by molar-refractivity contribution is 6.05. The van der Waals surface area contributed by atoms with Crippen molar-refractivity contribution in [1.82, 2.24) is 15.5 Å². The molecule has 1 saturated heterocycles. The van der Waals surface area contributed by atoms with Gasteiger partial charge in [-0.25, -0.2) is 0 Å². The molecule has 1 unspecified atom stereocenters. The molecular formula is C23H24N4O4. The number of hydrogen-bond donors (Lipinski definition) is 3. The van der Waals surface area contributed by atoms with Gasteiger partial charge in [-0.1, -0.05) is 18.2 Å². The Balaban J connectivity index is 1.22. The zero-order valence-corrected chi connectivity index (χ0v) is 17.1. The maximum Gasteiger partial charge on any atom is 0.255 e. The molecule has 3 aliphatic heterocycles.